The summed E-state index contributed by atoms with van der Waals surface area (Å²) in [5.41, 5.74) is 4.69. The van der Waals surface area contributed by atoms with Crippen LogP contribution in [0.3, 0.4) is 0 Å². The Morgan fingerprint density at radius 1 is 1.02 bits per heavy atom. The summed E-state index contributed by atoms with van der Waals surface area (Å²) in [6.45, 7) is 1.32. The molecule has 7 rings (SSSR count). The Hall–Kier alpha value is -5.12. The molecule has 5 N–H and O–H groups in total. The maximum Gasteiger partial charge on any atom is 0.315 e. The maximum atomic E-state index is 14.5. The zero-order valence-corrected chi connectivity index (χ0v) is 29.7. The SMILES string of the molecule is CC(=O)NNC(=O)[C@@]12C[C@H]1/C=C\CCCC[C@H](NC(=O)NC1CCCC1)C(=O)N1C[C@H](Oc3nc(-c4ccccn4)nc4ccsc34)C[C@H]1C(=O)N2. The van der Waals surface area contributed by atoms with E-state index >= 15 is 0 Å². The summed E-state index contributed by atoms with van der Waals surface area (Å²) in [7, 11) is 0. The number of ether oxygens (including phenoxy) is 1. The average molecular weight is 730 g/mol. The Morgan fingerprint density at radius 2 is 1.85 bits per heavy atom. The van der Waals surface area contributed by atoms with Crippen molar-refractivity contribution in [3.05, 3.63) is 48.0 Å². The van der Waals surface area contributed by atoms with Gasteiger partial charge in [-0.3, -0.25) is 35.0 Å². The molecule has 3 aromatic heterocycles. The van der Waals surface area contributed by atoms with Crippen LogP contribution in [0.2, 0.25) is 0 Å². The van der Waals surface area contributed by atoms with Crippen molar-refractivity contribution < 1.29 is 28.7 Å². The quantitative estimate of drug-likeness (QED) is 0.187. The molecule has 0 unspecified atom stereocenters. The monoisotopic (exact) mass is 729 g/mol. The molecule has 3 aromatic rings. The highest BCUT2D eigenvalue weighted by molar-refractivity contribution is 7.17. The third-order valence-electron chi connectivity index (χ3n) is 10.2. The zero-order valence-electron chi connectivity index (χ0n) is 28.9. The van der Waals surface area contributed by atoms with E-state index in [0.29, 0.717) is 53.3 Å². The van der Waals surface area contributed by atoms with Gasteiger partial charge in [-0.1, -0.05) is 37.5 Å². The number of nitrogens with zero attached hydrogens (tertiary/aromatic N) is 4. The van der Waals surface area contributed by atoms with Crippen LogP contribution in [0.25, 0.3) is 21.7 Å². The number of pyridine rings is 1. The molecule has 1 saturated heterocycles. The summed E-state index contributed by atoms with van der Waals surface area (Å²) in [6, 6.07) is 5.07. The van der Waals surface area contributed by atoms with Crippen LogP contribution in [-0.2, 0) is 19.2 Å². The number of hydrogen-bond acceptors (Lipinski definition) is 10. The number of rotatable bonds is 6. The predicted octanol–water partition coefficient (Wildman–Crippen LogP) is 2.88. The number of thiophene rings is 1. The second-order valence-electron chi connectivity index (χ2n) is 14.0. The first-order valence-corrected chi connectivity index (χ1v) is 18.8. The topological polar surface area (TPSA) is 197 Å². The largest absolute Gasteiger partial charge is 0.471 e. The normalized spacial score (nSPS) is 27.1. The second-order valence-corrected chi connectivity index (χ2v) is 14.9. The Labute approximate surface area is 304 Å². The molecule has 16 heteroatoms. The lowest BCUT2D eigenvalue weighted by molar-refractivity contribution is -0.141. The van der Waals surface area contributed by atoms with Crippen molar-refractivity contribution in [2.45, 2.75) is 101 Å². The number of amides is 6. The van der Waals surface area contributed by atoms with Gasteiger partial charge in [-0.2, -0.15) is 4.98 Å². The van der Waals surface area contributed by atoms with Crippen molar-refractivity contribution >= 4 is 51.2 Å². The van der Waals surface area contributed by atoms with E-state index in [1.807, 2.05) is 29.7 Å². The summed E-state index contributed by atoms with van der Waals surface area (Å²) >= 11 is 1.42. The van der Waals surface area contributed by atoms with Crippen LogP contribution < -0.4 is 31.5 Å². The highest BCUT2D eigenvalue weighted by atomic mass is 32.1. The van der Waals surface area contributed by atoms with Gasteiger partial charge in [-0.05, 0) is 62.1 Å². The van der Waals surface area contributed by atoms with Gasteiger partial charge in [0, 0.05) is 31.5 Å². The Kier molecular flexibility index (Phi) is 10.3. The molecule has 52 heavy (non-hydrogen) atoms. The first-order valence-electron chi connectivity index (χ1n) is 18.0. The summed E-state index contributed by atoms with van der Waals surface area (Å²) in [5, 5.41) is 10.8. The second kappa shape index (κ2) is 15.2. The molecule has 6 amide bonds. The van der Waals surface area contributed by atoms with Crippen molar-refractivity contribution in [3.8, 4) is 17.4 Å². The van der Waals surface area contributed by atoms with E-state index in [1.165, 1.54) is 23.2 Å². The minimum Gasteiger partial charge on any atom is -0.471 e. The highest BCUT2D eigenvalue weighted by Crippen LogP contribution is 2.45. The van der Waals surface area contributed by atoms with Crippen molar-refractivity contribution in [1.29, 1.82) is 0 Å². The number of aromatic nitrogens is 3. The molecule has 0 radical (unpaired) electrons. The van der Waals surface area contributed by atoms with Gasteiger partial charge in [0.25, 0.3) is 5.91 Å². The third-order valence-corrected chi connectivity index (χ3v) is 11.1. The van der Waals surface area contributed by atoms with Crippen molar-refractivity contribution in [1.82, 2.24) is 46.7 Å². The van der Waals surface area contributed by atoms with E-state index in [1.54, 1.807) is 18.3 Å². The van der Waals surface area contributed by atoms with Crippen LogP contribution in [0.5, 0.6) is 5.88 Å². The van der Waals surface area contributed by atoms with Gasteiger partial charge in [-0.15, -0.1) is 11.3 Å². The van der Waals surface area contributed by atoms with Crippen LogP contribution in [0.15, 0.2) is 48.0 Å². The van der Waals surface area contributed by atoms with Crippen molar-refractivity contribution in [3.63, 3.8) is 0 Å². The summed E-state index contributed by atoms with van der Waals surface area (Å²) in [5.74, 6) is -1.53. The molecule has 2 saturated carbocycles. The predicted molar refractivity (Wildman–Crippen MR) is 191 cm³/mol. The fourth-order valence-corrected chi connectivity index (χ4v) is 8.15. The molecule has 2 aliphatic carbocycles. The van der Waals surface area contributed by atoms with Crippen LogP contribution in [0.1, 0.15) is 71.1 Å². The Morgan fingerprint density at radius 3 is 2.63 bits per heavy atom. The van der Waals surface area contributed by atoms with E-state index in [2.05, 4.69) is 36.8 Å². The van der Waals surface area contributed by atoms with E-state index in [0.717, 1.165) is 32.1 Å². The van der Waals surface area contributed by atoms with Gasteiger partial charge in [0.05, 0.1) is 12.1 Å². The molecule has 2 aliphatic heterocycles. The lowest BCUT2D eigenvalue weighted by atomic mass is 10.0. The molecular formula is C36H43N9O6S. The van der Waals surface area contributed by atoms with Gasteiger partial charge in [-0.25, -0.2) is 9.78 Å². The van der Waals surface area contributed by atoms with Gasteiger partial charge in [0.15, 0.2) is 5.82 Å². The minimum absolute atomic E-state index is 0.0452. The molecule has 274 valence electrons. The number of urea groups is 1. The third kappa shape index (κ3) is 7.71. The maximum absolute atomic E-state index is 14.5. The smallest absolute Gasteiger partial charge is 0.315 e. The fourth-order valence-electron chi connectivity index (χ4n) is 7.38. The number of hydrazine groups is 1. The summed E-state index contributed by atoms with van der Waals surface area (Å²) in [4.78, 5) is 82.2. The Balaban J connectivity index is 1.18. The lowest BCUT2D eigenvalue weighted by Crippen LogP contribution is -2.59. The number of hydrogen-bond donors (Lipinski definition) is 5. The molecule has 5 heterocycles. The Bertz CT molecular complexity index is 1860. The van der Waals surface area contributed by atoms with E-state index < -0.39 is 53.4 Å². The van der Waals surface area contributed by atoms with Crippen molar-refractivity contribution in [2.24, 2.45) is 5.92 Å². The molecule has 15 nitrogen and oxygen atoms in total. The van der Waals surface area contributed by atoms with Crippen LogP contribution in [0.4, 0.5) is 4.79 Å². The molecule has 3 fully saturated rings. The molecule has 5 atom stereocenters. The van der Waals surface area contributed by atoms with E-state index in [-0.39, 0.29) is 24.9 Å². The zero-order chi connectivity index (χ0) is 36.2. The van der Waals surface area contributed by atoms with Gasteiger partial charge >= 0.3 is 6.03 Å². The number of nitrogens with one attached hydrogen (secondary N) is 5. The molecule has 4 aliphatic rings. The lowest BCUT2D eigenvalue weighted by Gasteiger charge is -2.30. The van der Waals surface area contributed by atoms with Gasteiger partial charge in [0.1, 0.15) is 34.1 Å². The summed E-state index contributed by atoms with van der Waals surface area (Å²) in [6.07, 6.45) is 11.7. The number of carbonyl (C=O) groups excluding carboxylic acids is 5. The molecule has 0 bridgehead atoms. The van der Waals surface area contributed by atoms with E-state index in [4.69, 9.17) is 9.72 Å². The summed E-state index contributed by atoms with van der Waals surface area (Å²) < 4.78 is 7.25. The number of fused-ring (bicyclic) bond motifs is 3. The van der Waals surface area contributed by atoms with Crippen LogP contribution >= 0.6 is 11.3 Å². The number of carbonyl (C=O) groups is 5. The molecule has 0 aromatic carbocycles. The molecular weight excluding hydrogens is 687 g/mol. The standard InChI is InChI=1S/C36H43N9O6S/c1-21(46)43-44-34(49)36-19-22(36)10-4-2-3-5-14-27(40-35(50)38-23-11-6-7-12-23)33(48)45-20-24(18-28(45)31(47)42-36)51-32-29-25(15-17-52-29)39-30(41-32)26-13-8-9-16-37-26/h4,8-10,13,15-17,22-24,27-28H,2-3,5-7,11-12,14,18-20H2,1H3,(H,42,47)(H,43,46)(H,44,49)(H2,38,40,50)/b10-4-/t22-,24-,27+,28+,36-/m1/s1. The van der Waals surface area contributed by atoms with Crippen molar-refractivity contribution in [2.75, 3.05) is 6.54 Å². The van der Waals surface area contributed by atoms with Crippen LogP contribution in [-0.4, -0.2) is 85.8 Å². The number of allylic oxidation sites excluding steroid dienone is 1. The minimum atomic E-state index is -1.31. The van der Waals surface area contributed by atoms with E-state index in [9.17, 15) is 24.0 Å². The first kappa shape index (κ1) is 35.3. The van der Waals surface area contributed by atoms with Crippen LogP contribution in [0, 0.1) is 5.92 Å². The highest BCUT2D eigenvalue weighted by Gasteiger charge is 2.61. The molecule has 0 spiro atoms. The van der Waals surface area contributed by atoms with Gasteiger partial charge in [0.2, 0.25) is 23.6 Å². The van der Waals surface area contributed by atoms with Gasteiger partial charge < -0.3 is 25.6 Å². The fraction of sp³-hybridized carbons (Fsp3) is 0.500. The average Bonchev–Trinajstić information content (AvgIpc) is 3.59. The first-order chi connectivity index (χ1) is 25.2.